The van der Waals surface area contributed by atoms with Gasteiger partial charge in [0, 0.05) is 31.2 Å². The fourth-order valence-corrected chi connectivity index (χ4v) is 4.26. The second-order valence-electron chi connectivity index (χ2n) is 7.66. The van der Waals surface area contributed by atoms with Crippen molar-refractivity contribution in [2.24, 2.45) is 0 Å². The van der Waals surface area contributed by atoms with E-state index in [0.29, 0.717) is 38.9 Å². The van der Waals surface area contributed by atoms with Gasteiger partial charge < -0.3 is 9.84 Å². The van der Waals surface area contributed by atoms with E-state index in [1.54, 1.807) is 72.8 Å². The van der Waals surface area contributed by atoms with Gasteiger partial charge in [0.25, 0.3) is 0 Å². The highest BCUT2D eigenvalue weighted by Gasteiger charge is 2.14. The highest BCUT2D eigenvalue weighted by atomic mass is 79.9. The highest BCUT2D eigenvalue weighted by molar-refractivity contribution is 9.69. The van der Waals surface area contributed by atoms with Crippen LogP contribution in [-0.2, 0) is 0 Å². The highest BCUT2D eigenvalue weighted by Crippen LogP contribution is 2.25. The molecule has 40 heavy (non-hydrogen) atoms. The van der Waals surface area contributed by atoms with E-state index in [1.807, 2.05) is 6.92 Å². The van der Waals surface area contributed by atoms with Gasteiger partial charge in [-0.05, 0) is 91.9 Å². The molecule has 4 aromatic rings. The van der Waals surface area contributed by atoms with Crippen molar-refractivity contribution in [1.29, 1.82) is 0 Å². The van der Waals surface area contributed by atoms with E-state index in [2.05, 4.69) is 79.1 Å². The molecule has 0 aromatic heterocycles. The topological polar surface area (TPSA) is 63.6 Å². The molecule has 4 nitrogen and oxygen atoms in total. The Bertz CT molecular complexity index is 1430. The van der Waals surface area contributed by atoms with Gasteiger partial charge in [-0.3, -0.25) is 9.59 Å². The molecule has 0 fully saturated rings. The molecule has 12 heteroatoms. The van der Waals surface area contributed by atoms with E-state index in [0.717, 1.165) is 14.7 Å². The van der Waals surface area contributed by atoms with Crippen molar-refractivity contribution >= 4 is 117 Å². The Morgan fingerprint density at radius 2 is 1.10 bits per heavy atom. The minimum absolute atomic E-state index is 0.102. The van der Waals surface area contributed by atoms with E-state index in [9.17, 15) is 9.59 Å². The molecule has 0 radical (unpaired) electrons. The van der Waals surface area contributed by atoms with E-state index in [4.69, 9.17) is 33.0 Å². The molecule has 0 saturated carbocycles. The number of benzene rings is 4. The molecular formula is C28H20BBr5Cl2O4. The van der Waals surface area contributed by atoms with Gasteiger partial charge in [-0.1, -0.05) is 55.1 Å². The number of aromatic hydroxyl groups is 1. The Morgan fingerprint density at radius 1 is 0.725 bits per heavy atom. The Kier molecular flexibility index (Phi) is 15.5. The summed E-state index contributed by atoms with van der Waals surface area (Å²) in [7, 11) is 0. The third-order valence-electron chi connectivity index (χ3n) is 4.90. The van der Waals surface area contributed by atoms with Crippen LogP contribution in [0.1, 0.15) is 38.8 Å². The maximum absolute atomic E-state index is 12.3. The molecule has 1 N–H and O–H groups in total. The molecule has 208 valence electrons. The van der Waals surface area contributed by atoms with Crippen LogP contribution in [0.5, 0.6) is 11.5 Å². The predicted molar refractivity (Wildman–Crippen MR) is 183 cm³/mol. The molecule has 0 amide bonds. The molecule has 0 aliphatic heterocycles. The number of phenols is 1. The first-order valence-corrected chi connectivity index (χ1v) is 16.5. The molecule has 0 bridgehead atoms. The molecule has 4 aromatic carbocycles. The third-order valence-corrected chi connectivity index (χ3v) is 6.55. The molecule has 0 atom stereocenters. The molecule has 0 spiro atoms. The SMILES string of the molecule is BrB(Br)Br.CCOc1ccc(C(=O)c2cc(Br)ccc2Cl)cc1.O=C(c1ccc(O)cc1)c1cc(Br)ccc1Cl. The molecular weight excluding hydrogens is 882 g/mol. The Morgan fingerprint density at radius 3 is 1.48 bits per heavy atom. The van der Waals surface area contributed by atoms with Crippen LogP contribution in [0, 0.1) is 0 Å². The van der Waals surface area contributed by atoms with Crippen molar-refractivity contribution in [3.8, 4) is 11.5 Å². The van der Waals surface area contributed by atoms with Crippen LogP contribution in [-0.4, -0.2) is 26.5 Å². The van der Waals surface area contributed by atoms with Crippen LogP contribution in [0.15, 0.2) is 93.9 Å². The number of hydrogen-bond acceptors (Lipinski definition) is 4. The monoisotopic (exact) mass is 896 g/mol. The number of ether oxygens (including phenoxy) is 1. The molecule has 0 aliphatic rings. The van der Waals surface area contributed by atoms with Crippen molar-refractivity contribution < 1.29 is 19.4 Å². The summed E-state index contributed by atoms with van der Waals surface area (Å²) in [6.45, 7) is 2.52. The third kappa shape index (κ3) is 11.6. The van der Waals surface area contributed by atoms with Gasteiger partial charge in [0.15, 0.2) is 11.6 Å². The summed E-state index contributed by atoms with van der Waals surface area (Å²) in [5.74, 6) is 0.604. The zero-order valence-corrected chi connectivity index (χ0v) is 30.1. The molecule has 0 aliphatic carbocycles. The Balaban J connectivity index is 0.000000249. The fraction of sp³-hybridized carbons (Fsp3) is 0.0714. The van der Waals surface area contributed by atoms with Crippen molar-refractivity contribution in [3.63, 3.8) is 0 Å². The number of rotatable bonds is 6. The zero-order chi connectivity index (χ0) is 29.8. The van der Waals surface area contributed by atoms with E-state index in [-0.39, 0.29) is 20.5 Å². The van der Waals surface area contributed by atoms with Crippen LogP contribution < -0.4 is 4.74 Å². The molecule has 0 heterocycles. The van der Waals surface area contributed by atoms with Gasteiger partial charge in [-0.2, -0.15) is 0 Å². The Hall–Kier alpha value is -1.14. The summed E-state index contributed by atoms with van der Waals surface area (Å²) in [4.78, 5) is 24.5. The lowest BCUT2D eigenvalue weighted by molar-refractivity contribution is 0.103. The lowest BCUT2D eigenvalue weighted by atomic mass is 10.0. The first kappa shape index (κ1) is 35.1. The lowest BCUT2D eigenvalue weighted by Gasteiger charge is -2.06. The van der Waals surface area contributed by atoms with E-state index in [1.165, 1.54) is 12.1 Å². The van der Waals surface area contributed by atoms with Crippen LogP contribution >= 0.6 is 102 Å². The quantitative estimate of drug-likeness (QED) is 0.155. The molecule has 0 unspecified atom stereocenters. The second-order valence-corrected chi connectivity index (χ2v) is 16.7. The minimum Gasteiger partial charge on any atom is -0.508 e. The first-order valence-electron chi connectivity index (χ1n) is 11.4. The largest absolute Gasteiger partial charge is 0.508 e. The van der Waals surface area contributed by atoms with Gasteiger partial charge in [-0.25, -0.2) is 0 Å². The fourth-order valence-electron chi connectivity index (χ4n) is 3.14. The Labute approximate surface area is 285 Å². The van der Waals surface area contributed by atoms with Crippen LogP contribution in [0.3, 0.4) is 0 Å². The average molecular weight is 902 g/mol. The number of phenolic OH excluding ortho intramolecular Hbond substituents is 1. The summed E-state index contributed by atoms with van der Waals surface area (Å²) in [6.07, 6.45) is 0. The maximum Gasteiger partial charge on any atom is 0.369 e. The number of ketones is 2. The van der Waals surface area contributed by atoms with Gasteiger partial charge >= 0.3 is 3.18 Å². The number of halogens is 7. The number of carbonyl (C=O) groups excluding carboxylic acids is 2. The van der Waals surface area contributed by atoms with Gasteiger partial charge in [0.05, 0.1) is 16.7 Å². The standard InChI is InChI=1S/C15H12BrClO2.C13H8BrClO2.BBr3/c1-2-19-12-6-3-10(4-7-12)15(18)13-9-11(16)5-8-14(13)17;14-9-3-6-12(15)11(7-9)13(17)8-1-4-10(16)5-2-8;2-1(3)4/h3-9H,2H2,1H3;1-7,16H;. The second kappa shape index (κ2) is 17.7. The van der Waals surface area contributed by atoms with E-state index < -0.39 is 0 Å². The number of carbonyl (C=O) groups is 2. The van der Waals surface area contributed by atoms with Crippen LogP contribution in [0.4, 0.5) is 0 Å². The van der Waals surface area contributed by atoms with Crippen molar-refractivity contribution in [2.75, 3.05) is 6.61 Å². The number of hydrogen-bond donors (Lipinski definition) is 1. The lowest BCUT2D eigenvalue weighted by Crippen LogP contribution is -2.02. The van der Waals surface area contributed by atoms with Crippen molar-refractivity contribution in [2.45, 2.75) is 6.92 Å². The predicted octanol–water partition coefficient (Wildman–Crippen LogP) is 10.9. The van der Waals surface area contributed by atoms with Gasteiger partial charge in [0.2, 0.25) is 0 Å². The minimum atomic E-state index is -0.170. The molecule has 4 rings (SSSR count). The summed E-state index contributed by atoms with van der Waals surface area (Å²) in [5.41, 5.74) is 2.00. The van der Waals surface area contributed by atoms with Crippen LogP contribution in [0.25, 0.3) is 0 Å². The molecule has 0 saturated heterocycles. The summed E-state index contributed by atoms with van der Waals surface area (Å²) >= 11 is 28.0. The van der Waals surface area contributed by atoms with Gasteiger partial charge in [-0.15, -0.1) is 47.3 Å². The normalized spacial score (nSPS) is 9.90. The summed E-state index contributed by atoms with van der Waals surface area (Å²) in [6, 6.07) is 23.5. The van der Waals surface area contributed by atoms with Crippen molar-refractivity contribution in [3.05, 3.63) is 126 Å². The van der Waals surface area contributed by atoms with E-state index >= 15 is 0 Å². The van der Waals surface area contributed by atoms with Crippen molar-refractivity contribution in [1.82, 2.24) is 0 Å². The smallest absolute Gasteiger partial charge is 0.369 e. The maximum atomic E-state index is 12.3. The first-order chi connectivity index (χ1) is 18.9. The summed E-state index contributed by atoms with van der Waals surface area (Å²) in [5, 5.41) is 10.0. The zero-order valence-electron chi connectivity index (χ0n) is 20.7. The van der Waals surface area contributed by atoms with Gasteiger partial charge in [0.1, 0.15) is 11.5 Å². The average Bonchev–Trinajstić information content (AvgIpc) is 2.92. The van der Waals surface area contributed by atoms with Crippen LogP contribution in [0.2, 0.25) is 10.0 Å². The summed E-state index contributed by atoms with van der Waals surface area (Å²) < 4.78 is 7.24.